The molecule has 3 nitrogen and oxygen atoms in total. The number of hydrogen-bond donors (Lipinski definition) is 0. The second kappa shape index (κ2) is 8.54. The number of halogens is 2. The Balaban J connectivity index is 2.18. The van der Waals surface area contributed by atoms with Gasteiger partial charge in [-0.1, -0.05) is 54.6 Å². The Morgan fingerprint density at radius 1 is 0.889 bits per heavy atom. The fraction of sp³-hybridized carbons (Fsp3) is 0.182. The van der Waals surface area contributed by atoms with E-state index in [1.165, 1.54) is 36.4 Å². The Morgan fingerprint density at radius 3 is 2.00 bits per heavy atom. The second-order valence-electron chi connectivity index (χ2n) is 6.82. The highest BCUT2D eigenvalue weighted by molar-refractivity contribution is 6.29. The number of rotatable bonds is 5. The van der Waals surface area contributed by atoms with Gasteiger partial charge in [0.25, 0.3) is 6.08 Å². The maximum Gasteiger partial charge on any atom is 0.331 e. The van der Waals surface area contributed by atoms with Crippen LogP contribution >= 0.6 is 0 Å². The summed E-state index contributed by atoms with van der Waals surface area (Å²) in [4.78, 5) is 24.2. The number of Topliss-reactive ketones (excluding diaryl/α,β-unsaturated/α-hetero) is 1. The first-order valence-corrected chi connectivity index (χ1v) is 8.34. The Hall–Kier alpha value is -3.08. The van der Waals surface area contributed by atoms with Crippen molar-refractivity contribution >= 4 is 23.4 Å². The Kier molecular flexibility index (Phi) is 6.40. The van der Waals surface area contributed by atoms with Crippen molar-refractivity contribution in [2.24, 2.45) is 0 Å². The predicted octanol–water partition coefficient (Wildman–Crippen LogP) is 5.53. The summed E-state index contributed by atoms with van der Waals surface area (Å²) in [6.07, 6.45) is 0.782. The molecule has 2 rings (SSSR count). The third-order valence-electron chi connectivity index (χ3n) is 3.47. The Morgan fingerprint density at radius 2 is 1.48 bits per heavy atom. The third kappa shape index (κ3) is 5.99. The van der Waals surface area contributed by atoms with Gasteiger partial charge in [0.05, 0.1) is 5.57 Å². The molecule has 5 heteroatoms. The molecule has 0 fully saturated rings. The van der Waals surface area contributed by atoms with Gasteiger partial charge in [0.2, 0.25) is 0 Å². The summed E-state index contributed by atoms with van der Waals surface area (Å²) < 4.78 is 31.8. The molecule has 0 aliphatic rings. The first kappa shape index (κ1) is 20.2. The van der Waals surface area contributed by atoms with Crippen LogP contribution in [0.3, 0.4) is 0 Å². The molecule has 0 bridgehead atoms. The molecule has 0 radical (unpaired) electrons. The van der Waals surface area contributed by atoms with Crippen LogP contribution in [0.5, 0.6) is 0 Å². The summed E-state index contributed by atoms with van der Waals surface area (Å²) in [5.41, 5.74) is -0.266. The van der Waals surface area contributed by atoms with E-state index in [1.807, 2.05) is 0 Å². The maximum atomic E-state index is 13.3. The average Bonchev–Trinajstić information content (AvgIpc) is 2.59. The van der Waals surface area contributed by atoms with Crippen molar-refractivity contribution in [3.05, 3.63) is 83.4 Å². The van der Waals surface area contributed by atoms with Crippen molar-refractivity contribution in [2.75, 3.05) is 0 Å². The van der Waals surface area contributed by atoms with Crippen molar-refractivity contribution in [2.45, 2.75) is 26.4 Å². The van der Waals surface area contributed by atoms with Crippen molar-refractivity contribution in [1.82, 2.24) is 0 Å². The summed E-state index contributed by atoms with van der Waals surface area (Å²) in [7, 11) is 0. The van der Waals surface area contributed by atoms with Crippen LogP contribution in [0.1, 0.15) is 42.3 Å². The minimum Gasteiger partial charge on any atom is -0.457 e. The lowest BCUT2D eigenvalue weighted by Crippen LogP contribution is -2.22. The molecular weight excluding hydrogens is 350 g/mol. The van der Waals surface area contributed by atoms with E-state index in [-0.39, 0.29) is 11.1 Å². The van der Waals surface area contributed by atoms with Crippen LogP contribution in [0.15, 0.2) is 66.8 Å². The molecule has 0 aliphatic heterocycles. The molecule has 0 N–H and O–H groups in total. The van der Waals surface area contributed by atoms with E-state index < -0.39 is 29.0 Å². The van der Waals surface area contributed by atoms with Crippen LogP contribution in [0.25, 0.3) is 11.6 Å². The summed E-state index contributed by atoms with van der Waals surface area (Å²) >= 11 is 0. The zero-order valence-corrected chi connectivity index (χ0v) is 15.3. The number of allylic oxidation sites excluding steroid dienone is 1. The number of carbonyl (C=O) groups excluding carboxylic acids is 2. The van der Waals surface area contributed by atoms with E-state index in [1.54, 1.807) is 51.1 Å². The summed E-state index contributed by atoms with van der Waals surface area (Å²) in [5.74, 6) is -1.25. The van der Waals surface area contributed by atoms with Crippen molar-refractivity contribution < 1.29 is 23.1 Å². The number of ketones is 1. The van der Waals surface area contributed by atoms with E-state index >= 15 is 0 Å². The van der Waals surface area contributed by atoms with Gasteiger partial charge in [-0.25, -0.2) is 4.79 Å². The average molecular weight is 370 g/mol. The van der Waals surface area contributed by atoms with Crippen LogP contribution in [0, 0.1) is 0 Å². The molecular formula is C22H20F2O3. The first-order valence-electron chi connectivity index (χ1n) is 8.34. The number of benzene rings is 2. The van der Waals surface area contributed by atoms with Gasteiger partial charge >= 0.3 is 5.97 Å². The number of esters is 1. The van der Waals surface area contributed by atoms with Crippen LogP contribution < -0.4 is 0 Å². The van der Waals surface area contributed by atoms with Crippen molar-refractivity contribution in [3.8, 4) is 0 Å². The fourth-order valence-corrected chi connectivity index (χ4v) is 2.32. The van der Waals surface area contributed by atoms with Crippen LogP contribution in [0.4, 0.5) is 8.78 Å². The highest BCUT2D eigenvalue weighted by Crippen LogP contribution is 2.25. The second-order valence-corrected chi connectivity index (χ2v) is 6.82. The quantitative estimate of drug-likeness (QED) is 0.395. The number of ether oxygens (including phenoxy) is 1. The minimum absolute atomic E-state index is 0.135. The highest BCUT2D eigenvalue weighted by atomic mass is 19.3. The van der Waals surface area contributed by atoms with Gasteiger partial charge in [-0.3, -0.25) is 4.79 Å². The standard InChI is InChI=1S/C22H20F2O3/c1-22(2,3)27-18(25)14-11-15-9-12-17(13-10-15)20(26)19(21(23)24)16-7-5-4-6-8-16/h4-14H,1-3H3/b14-11+. The Bertz CT molecular complexity index is 870. The predicted molar refractivity (Wildman–Crippen MR) is 101 cm³/mol. The fourth-order valence-electron chi connectivity index (χ4n) is 2.32. The van der Waals surface area contributed by atoms with E-state index in [0.29, 0.717) is 5.56 Å². The lowest BCUT2D eigenvalue weighted by atomic mass is 9.97. The third-order valence-corrected chi connectivity index (χ3v) is 3.47. The molecule has 0 unspecified atom stereocenters. The minimum atomic E-state index is -2.03. The molecule has 0 aromatic heterocycles. The lowest BCUT2D eigenvalue weighted by Gasteiger charge is -2.17. The Labute approximate surface area is 157 Å². The summed E-state index contributed by atoms with van der Waals surface area (Å²) in [6, 6.07) is 13.8. The molecule has 27 heavy (non-hydrogen) atoms. The maximum absolute atomic E-state index is 13.3. The molecule has 0 heterocycles. The molecule has 0 atom stereocenters. The molecule has 140 valence electrons. The van der Waals surface area contributed by atoms with Crippen molar-refractivity contribution in [1.29, 1.82) is 0 Å². The van der Waals surface area contributed by atoms with E-state index in [2.05, 4.69) is 0 Å². The van der Waals surface area contributed by atoms with Gasteiger partial charge in [-0.15, -0.1) is 0 Å². The molecule has 0 saturated heterocycles. The van der Waals surface area contributed by atoms with Gasteiger partial charge in [0.1, 0.15) is 5.60 Å². The zero-order valence-electron chi connectivity index (χ0n) is 15.3. The first-order chi connectivity index (χ1) is 12.7. The van der Waals surface area contributed by atoms with Gasteiger partial charge < -0.3 is 4.74 Å². The molecule has 0 aliphatic carbocycles. The van der Waals surface area contributed by atoms with Gasteiger partial charge in [-0.2, -0.15) is 8.78 Å². The molecule has 0 spiro atoms. The molecule has 2 aromatic rings. The van der Waals surface area contributed by atoms with Crippen LogP contribution in [-0.2, 0) is 9.53 Å². The van der Waals surface area contributed by atoms with E-state index in [9.17, 15) is 18.4 Å². The molecule has 0 saturated carbocycles. The van der Waals surface area contributed by atoms with Crippen molar-refractivity contribution in [3.63, 3.8) is 0 Å². The van der Waals surface area contributed by atoms with E-state index in [0.717, 1.165) is 0 Å². The summed E-state index contributed by atoms with van der Waals surface area (Å²) in [6.45, 7) is 5.29. The monoisotopic (exact) mass is 370 g/mol. The van der Waals surface area contributed by atoms with E-state index in [4.69, 9.17) is 4.74 Å². The lowest BCUT2D eigenvalue weighted by molar-refractivity contribution is -0.148. The highest BCUT2D eigenvalue weighted by Gasteiger charge is 2.20. The molecule has 0 amide bonds. The van der Waals surface area contributed by atoms with Crippen LogP contribution in [0.2, 0.25) is 0 Å². The van der Waals surface area contributed by atoms with Gasteiger partial charge in [0, 0.05) is 11.6 Å². The SMILES string of the molecule is CC(C)(C)OC(=O)/C=C/c1ccc(C(=O)C(=C(F)F)c2ccccc2)cc1. The smallest absolute Gasteiger partial charge is 0.331 e. The number of hydrogen-bond acceptors (Lipinski definition) is 3. The normalized spacial score (nSPS) is 11.3. The summed E-state index contributed by atoms with van der Waals surface area (Å²) in [5, 5.41) is 0. The molecule has 2 aromatic carbocycles. The largest absolute Gasteiger partial charge is 0.457 e. The zero-order chi connectivity index (χ0) is 20.0. The van der Waals surface area contributed by atoms with Gasteiger partial charge in [0.15, 0.2) is 5.78 Å². The topological polar surface area (TPSA) is 43.4 Å². The van der Waals surface area contributed by atoms with Gasteiger partial charge in [-0.05, 0) is 38.0 Å². The number of carbonyl (C=O) groups is 2. The van der Waals surface area contributed by atoms with Crippen LogP contribution in [-0.4, -0.2) is 17.4 Å².